The van der Waals surface area contributed by atoms with E-state index in [9.17, 15) is 4.79 Å². The van der Waals surface area contributed by atoms with Gasteiger partial charge in [0.1, 0.15) is 0 Å². The molecule has 0 radical (unpaired) electrons. The molecule has 0 bridgehead atoms. The van der Waals surface area contributed by atoms with E-state index in [1.54, 1.807) is 18.2 Å². The zero-order chi connectivity index (χ0) is 14.8. The molecule has 1 aromatic carbocycles. The minimum atomic E-state index is -0.349. The van der Waals surface area contributed by atoms with Crippen LogP contribution in [0.25, 0.3) is 0 Å². The van der Waals surface area contributed by atoms with Crippen molar-refractivity contribution < 1.29 is 4.79 Å². The lowest BCUT2D eigenvalue weighted by molar-refractivity contribution is 0.0813. The van der Waals surface area contributed by atoms with Crippen LogP contribution in [-0.2, 0) is 0 Å². The number of benzene rings is 1. The molecular weight excluding hydrogens is 295 g/mol. The predicted molar refractivity (Wildman–Crippen MR) is 83.3 cm³/mol. The molecule has 1 amide bonds. The van der Waals surface area contributed by atoms with Crippen molar-refractivity contribution in [2.75, 3.05) is 6.54 Å². The highest BCUT2D eigenvalue weighted by atomic mass is 35.5. The molecule has 2 rings (SSSR count). The van der Waals surface area contributed by atoms with Gasteiger partial charge in [-0.25, -0.2) is 0 Å². The zero-order valence-corrected chi connectivity index (χ0v) is 13.1. The summed E-state index contributed by atoms with van der Waals surface area (Å²) < 4.78 is 0. The van der Waals surface area contributed by atoms with Crippen molar-refractivity contribution in [2.24, 2.45) is 11.7 Å². The van der Waals surface area contributed by atoms with Gasteiger partial charge >= 0.3 is 0 Å². The number of hydrogen-bond donors (Lipinski definition) is 2. The number of hydrogen-bond acceptors (Lipinski definition) is 2. The van der Waals surface area contributed by atoms with Crippen LogP contribution in [0.1, 0.15) is 43.0 Å². The molecule has 0 aromatic heterocycles. The average Bonchev–Trinajstić information content (AvgIpc) is 2.41. The number of halogens is 2. The van der Waals surface area contributed by atoms with E-state index in [2.05, 4.69) is 12.2 Å². The third-order valence-electron chi connectivity index (χ3n) is 4.37. The Morgan fingerprint density at radius 2 is 2.05 bits per heavy atom. The summed E-state index contributed by atoms with van der Waals surface area (Å²) in [6.45, 7) is 2.57. The molecule has 1 aromatic rings. The standard InChI is InChI=1S/C15H20Cl2N2O/c1-10-5-2-3-8-15(10,9-18)19-14(20)13-11(16)6-4-7-12(13)17/h4,6-7,10H,2-3,5,8-9,18H2,1H3,(H,19,20). The Balaban J connectivity index is 2.25. The third-order valence-corrected chi connectivity index (χ3v) is 5.00. The highest BCUT2D eigenvalue weighted by Gasteiger charge is 2.38. The van der Waals surface area contributed by atoms with E-state index in [4.69, 9.17) is 28.9 Å². The number of amides is 1. The Hall–Kier alpha value is -0.770. The van der Waals surface area contributed by atoms with Crippen LogP contribution in [0, 0.1) is 5.92 Å². The fourth-order valence-electron chi connectivity index (χ4n) is 2.96. The molecule has 0 saturated heterocycles. The van der Waals surface area contributed by atoms with E-state index < -0.39 is 0 Å². The Morgan fingerprint density at radius 3 is 2.60 bits per heavy atom. The minimum Gasteiger partial charge on any atom is -0.345 e. The molecule has 1 fully saturated rings. The summed E-state index contributed by atoms with van der Waals surface area (Å²) in [5.41, 5.74) is 5.94. The first-order chi connectivity index (χ1) is 9.50. The lowest BCUT2D eigenvalue weighted by Crippen LogP contribution is -2.59. The third kappa shape index (κ3) is 2.95. The molecular formula is C15H20Cl2N2O. The molecule has 0 spiro atoms. The second-order valence-electron chi connectivity index (χ2n) is 5.56. The predicted octanol–water partition coefficient (Wildman–Crippen LogP) is 3.63. The van der Waals surface area contributed by atoms with Gasteiger partial charge < -0.3 is 11.1 Å². The van der Waals surface area contributed by atoms with Crippen LogP contribution >= 0.6 is 23.2 Å². The molecule has 3 nitrogen and oxygen atoms in total. The van der Waals surface area contributed by atoms with Crippen molar-refractivity contribution in [1.82, 2.24) is 5.32 Å². The molecule has 5 heteroatoms. The summed E-state index contributed by atoms with van der Waals surface area (Å²) in [7, 11) is 0. The summed E-state index contributed by atoms with van der Waals surface area (Å²) >= 11 is 12.2. The molecule has 3 N–H and O–H groups in total. The first kappa shape index (κ1) is 15.6. The monoisotopic (exact) mass is 314 g/mol. The number of nitrogens with two attached hydrogens (primary N) is 1. The molecule has 0 heterocycles. The number of carbonyl (C=O) groups excluding carboxylic acids is 1. The van der Waals surface area contributed by atoms with Crippen LogP contribution in [0.15, 0.2) is 18.2 Å². The SMILES string of the molecule is CC1CCCCC1(CN)NC(=O)c1c(Cl)cccc1Cl. The van der Waals surface area contributed by atoms with E-state index >= 15 is 0 Å². The molecule has 1 aliphatic rings. The largest absolute Gasteiger partial charge is 0.345 e. The van der Waals surface area contributed by atoms with Crippen LogP contribution in [0.2, 0.25) is 10.0 Å². The maximum Gasteiger partial charge on any atom is 0.254 e. The van der Waals surface area contributed by atoms with E-state index in [0.29, 0.717) is 28.1 Å². The topological polar surface area (TPSA) is 55.1 Å². The van der Waals surface area contributed by atoms with Gasteiger partial charge in [-0.05, 0) is 30.9 Å². The van der Waals surface area contributed by atoms with Gasteiger partial charge in [-0.3, -0.25) is 4.79 Å². The maximum atomic E-state index is 12.5. The maximum absolute atomic E-state index is 12.5. The highest BCUT2D eigenvalue weighted by molar-refractivity contribution is 6.39. The summed E-state index contributed by atoms with van der Waals surface area (Å²) in [4.78, 5) is 12.5. The van der Waals surface area contributed by atoms with Crippen LogP contribution in [0.3, 0.4) is 0 Å². The smallest absolute Gasteiger partial charge is 0.254 e. The second kappa shape index (κ2) is 6.33. The number of carbonyl (C=O) groups is 1. The van der Waals surface area contributed by atoms with Gasteiger partial charge in [-0.2, -0.15) is 0 Å². The van der Waals surface area contributed by atoms with Gasteiger partial charge in [0.15, 0.2) is 0 Å². The van der Waals surface area contributed by atoms with Crippen molar-refractivity contribution in [3.8, 4) is 0 Å². The molecule has 110 valence electrons. The first-order valence-corrected chi connectivity index (χ1v) is 7.72. The van der Waals surface area contributed by atoms with Crippen molar-refractivity contribution >= 4 is 29.1 Å². The summed E-state index contributed by atoms with van der Waals surface area (Å²) in [6, 6.07) is 5.06. The molecule has 1 saturated carbocycles. The van der Waals surface area contributed by atoms with Crippen molar-refractivity contribution in [3.63, 3.8) is 0 Å². The lowest BCUT2D eigenvalue weighted by Gasteiger charge is -2.42. The van der Waals surface area contributed by atoms with Gasteiger partial charge in [0.2, 0.25) is 0 Å². The van der Waals surface area contributed by atoms with E-state index in [1.807, 2.05) is 0 Å². The fraction of sp³-hybridized carbons (Fsp3) is 0.533. The van der Waals surface area contributed by atoms with Crippen LogP contribution in [-0.4, -0.2) is 18.0 Å². The van der Waals surface area contributed by atoms with Gasteiger partial charge in [0.05, 0.1) is 21.1 Å². The fourth-order valence-corrected chi connectivity index (χ4v) is 3.53. The Bertz CT molecular complexity index is 486. The zero-order valence-electron chi connectivity index (χ0n) is 11.6. The van der Waals surface area contributed by atoms with Crippen LogP contribution in [0.4, 0.5) is 0 Å². The Morgan fingerprint density at radius 1 is 1.40 bits per heavy atom. The van der Waals surface area contributed by atoms with Gasteiger partial charge in [0.25, 0.3) is 5.91 Å². The Labute approximate surface area is 129 Å². The summed E-state index contributed by atoms with van der Waals surface area (Å²) in [5.74, 6) is 0.117. The van der Waals surface area contributed by atoms with Crippen molar-refractivity contribution in [1.29, 1.82) is 0 Å². The summed E-state index contributed by atoms with van der Waals surface area (Å²) in [5, 5.41) is 3.83. The van der Waals surface area contributed by atoms with Crippen molar-refractivity contribution in [3.05, 3.63) is 33.8 Å². The second-order valence-corrected chi connectivity index (χ2v) is 6.37. The van der Waals surface area contributed by atoms with E-state index in [1.165, 1.54) is 6.42 Å². The average molecular weight is 315 g/mol. The van der Waals surface area contributed by atoms with Crippen molar-refractivity contribution in [2.45, 2.75) is 38.1 Å². The molecule has 2 unspecified atom stereocenters. The van der Waals surface area contributed by atoms with Gasteiger partial charge in [0, 0.05) is 6.54 Å². The first-order valence-electron chi connectivity index (χ1n) is 6.97. The highest BCUT2D eigenvalue weighted by Crippen LogP contribution is 2.34. The minimum absolute atomic E-state index is 0.236. The lowest BCUT2D eigenvalue weighted by atomic mass is 9.73. The Kier molecular flexibility index (Phi) is 4.95. The van der Waals surface area contributed by atoms with E-state index in [-0.39, 0.29) is 11.4 Å². The van der Waals surface area contributed by atoms with Gasteiger partial charge in [-0.1, -0.05) is 49.0 Å². The van der Waals surface area contributed by atoms with Crippen LogP contribution in [0.5, 0.6) is 0 Å². The molecule has 2 atom stereocenters. The van der Waals surface area contributed by atoms with E-state index in [0.717, 1.165) is 19.3 Å². The summed E-state index contributed by atoms with van der Waals surface area (Å²) in [6.07, 6.45) is 4.25. The number of nitrogens with one attached hydrogen (secondary N) is 1. The van der Waals surface area contributed by atoms with Gasteiger partial charge in [-0.15, -0.1) is 0 Å². The molecule has 20 heavy (non-hydrogen) atoms. The molecule has 1 aliphatic carbocycles. The quantitative estimate of drug-likeness (QED) is 0.895. The number of rotatable bonds is 3. The van der Waals surface area contributed by atoms with Crippen LogP contribution < -0.4 is 11.1 Å². The molecule has 0 aliphatic heterocycles. The normalized spacial score (nSPS) is 26.3.